The molecule has 5 nitrogen and oxygen atoms in total. The van der Waals surface area contributed by atoms with Gasteiger partial charge in [0.05, 0.1) is 11.7 Å². The van der Waals surface area contributed by atoms with Gasteiger partial charge in [-0.3, -0.25) is 0 Å². The Bertz CT molecular complexity index is 341. The topological polar surface area (TPSA) is 68.0 Å². The molecule has 1 aromatic rings. The summed E-state index contributed by atoms with van der Waals surface area (Å²) < 4.78 is 1.54. The van der Waals surface area contributed by atoms with Crippen LogP contribution >= 0.6 is 0 Å². The lowest BCUT2D eigenvalue weighted by molar-refractivity contribution is 0.0674. The first-order valence-electron chi connectivity index (χ1n) is 4.35. The zero-order valence-electron chi connectivity index (χ0n) is 7.40. The first-order valence-corrected chi connectivity index (χ1v) is 4.35. The number of carboxylic acids is 1. The molecule has 1 heterocycles. The molecule has 0 amide bonds. The highest BCUT2D eigenvalue weighted by Crippen LogP contribution is 2.31. The van der Waals surface area contributed by atoms with E-state index < -0.39 is 5.97 Å². The number of rotatable bonds is 2. The number of carbonyl (C=O) groups is 1. The van der Waals surface area contributed by atoms with Gasteiger partial charge < -0.3 is 5.11 Å². The monoisotopic (exact) mass is 181 g/mol. The first-order chi connectivity index (χ1) is 6.20. The van der Waals surface area contributed by atoms with Crippen LogP contribution in [-0.2, 0) is 0 Å². The fourth-order valence-corrected chi connectivity index (χ4v) is 1.51. The van der Waals surface area contributed by atoms with Crippen LogP contribution in [0.5, 0.6) is 0 Å². The molecule has 70 valence electrons. The Morgan fingerprint density at radius 1 is 1.62 bits per heavy atom. The number of hydrogen-bond donors (Lipinski definition) is 1. The van der Waals surface area contributed by atoms with Gasteiger partial charge in [0.1, 0.15) is 0 Å². The summed E-state index contributed by atoms with van der Waals surface area (Å²) in [6.07, 6.45) is 3.19. The third kappa shape index (κ3) is 1.20. The van der Waals surface area contributed by atoms with Gasteiger partial charge in [0.25, 0.3) is 0 Å². The van der Waals surface area contributed by atoms with Crippen molar-refractivity contribution >= 4 is 5.97 Å². The van der Waals surface area contributed by atoms with E-state index in [1.807, 2.05) is 0 Å². The molecular weight excluding hydrogens is 170 g/mol. The van der Waals surface area contributed by atoms with Crippen molar-refractivity contribution in [3.05, 3.63) is 11.4 Å². The average Bonchev–Trinajstić information content (AvgIpc) is 2.28. The number of carboxylic acid groups (broad SMARTS) is 1. The molecule has 0 saturated heterocycles. The Balaban J connectivity index is 2.38. The van der Waals surface area contributed by atoms with Crippen molar-refractivity contribution in [2.75, 3.05) is 0 Å². The van der Waals surface area contributed by atoms with E-state index in [4.69, 9.17) is 5.11 Å². The van der Waals surface area contributed by atoms with E-state index in [0.717, 1.165) is 19.3 Å². The fourth-order valence-electron chi connectivity index (χ4n) is 1.51. The van der Waals surface area contributed by atoms with Crippen LogP contribution < -0.4 is 0 Å². The van der Waals surface area contributed by atoms with Gasteiger partial charge in [0.15, 0.2) is 5.69 Å². The minimum absolute atomic E-state index is 0.240. The quantitative estimate of drug-likeness (QED) is 0.739. The van der Waals surface area contributed by atoms with Gasteiger partial charge in [-0.15, -0.1) is 5.10 Å². The van der Waals surface area contributed by atoms with E-state index in [1.165, 1.54) is 0 Å². The van der Waals surface area contributed by atoms with E-state index in [1.54, 1.807) is 11.6 Å². The third-order valence-corrected chi connectivity index (χ3v) is 2.49. The summed E-state index contributed by atoms with van der Waals surface area (Å²) >= 11 is 0. The Kier molecular flexibility index (Phi) is 1.79. The number of hydrogen-bond acceptors (Lipinski definition) is 3. The number of aromatic carboxylic acids is 1. The summed E-state index contributed by atoms with van der Waals surface area (Å²) in [6, 6.07) is 0.257. The molecule has 0 spiro atoms. The normalized spacial score (nSPS) is 17.0. The number of aromatic nitrogens is 3. The minimum atomic E-state index is -0.936. The van der Waals surface area contributed by atoms with Crippen molar-refractivity contribution in [1.82, 2.24) is 15.0 Å². The summed E-state index contributed by atoms with van der Waals surface area (Å²) in [4.78, 5) is 10.8. The van der Waals surface area contributed by atoms with Gasteiger partial charge in [-0.2, -0.15) is 0 Å². The average molecular weight is 181 g/mol. The standard InChI is InChI=1S/C8H11N3O2/c1-5-7(8(12)13)11(10-9-5)6-3-2-4-6/h6H,2-4H2,1H3,(H,12,13). The van der Waals surface area contributed by atoms with E-state index in [0.29, 0.717) is 5.69 Å². The molecule has 0 bridgehead atoms. The predicted octanol–water partition coefficient (Wildman–Crippen LogP) is 1.01. The summed E-state index contributed by atoms with van der Waals surface area (Å²) in [5.41, 5.74) is 0.740. The summed E-state index contributed by atoms with van der Waals surface area (Å²) in [5, 5.41) is 16.5. The molecular formula is C8H11N3O2. The van der Waals surface area contributed by atoms with Crippen LogP contribution in [0.4, 0.5) is 0 Å². The molecule has 2 rings (SSSR count). The summed E-state index contributed by atoms with van der Waals surface area (Å²) in [7, 11) is 0. The highest BCUT2D eigenvalue weighted by atomic mass is 16.4. The largest absolute Gasteiger partial charge is 0.476 e. The van der Waals surface area contributed by atoms with Crippen molar-refractivity contribution in [2.45, 2.75) is 32.2 Å². The molecule has 1 saturated carbocycles. The lowest BCUT2D eigenvalue weighted by Crippen LogP contribution is -2.22. The molecule has 1 N–H and O–H groups in total. The summed E-state index contributed by atoms with van der Waals surface area (Å²) in [6.45, 7) is 1.67. The van der Waals surface area contributed by atoms with Crippen molar-refractivity contribution in [3.63, 3.8) is 0 Å². The van der Waals surface area contributed by atoms with Crippen LogP contribution in [0.2, 0.25) is 0 Å². The molecule has 0 aliphatic heterocycles. The van der Waals surface area contributed by atoms with Crippen LogP contribution in [0.15, 0.2) is 0 Å². The van der Waals surface area contributed by atoms with E-state index in [-0.39, 0.29) is 11.7 Å². The van der Waals surface area contributed by atoms with Crippen molar-refractivity contribution in [1.29, 1.82) is 0 Å². The van der Waals surface area contributed by atoms with Crippen molar-refractivity contribution < 1.29 is 9.90 Å². The van der Waals surface area contributed by atoms with Gasteiger partial charge in [0.2, 0.25) is 0 Å². The second-order valence-corrected chi connectivity index (χ2v) is 3.36. The molecule has 0 radical (unpaired) electrons. The molecule has 1 fully saturated rings. The smallest absolute Gasteiger partial charge is 0.356 e. The maximum atomic E-state index is 10.8. The van der Waals surface area contributed by atoms with E-state index in [9.17, 15) is 4.79 Å². The zero-order chi connectivity index (χ0) is 9.42. The van der Waals surface area contributed by atoms with E-state index >= 15 is 0 Å². The highest BCUT2D eigenvalue weighted by Gasteiger charge is 2.26. The van der Waals surface area contributed by atoms with Crippen LogP contribution in [0.1, 0.15) is 41.5 Å². The van der Waals surface area contributed by atoms with Gasteiger partial charge in [0, 0.05) is 0 Å². The van der Waals surface area contributed by atoms with Gasteiger partial charge in [-0.1, -0.05) is 5.21 Å². The lowest BCUT2D eigenvalue weighted by atomic mass is 9.93. The Morgan fingerprint density at radius 2 is 2.31 bits per heavy atom. The second kappa shape index (κ2) is 2.83. The van der Waals surface area contributed by atoms with Crippen LogP contribution in [0.3, 0.4) is 0 Å². The molecule has 1 aromatic heterocycles. The second-order valence-electron chi connectivity index (χ2n) is 3.36. The molecule has 0 atom stereocenters. The SMILES string of the molecule is Cc1nnn(C2CCC2)c1C(=O)O. The molecule has 13 heavy (non-hydrogen) atoms. The van der Waals surface area contributed by atoms with Crippen LogP contribution in [-0.4, -0.2) is 26.1 Å². The number of aryl methyl sites for hydroxylation is 1. The van der Waals surface area contributed by atoms with Gasteiger partial charge in [-0.25, -0.2) is 9.48 Å². The highest BCUT2D eigenvalue weighted by molar-refractivity contribution is 5.86. The molecule has 0 unspecified atom stereocenters. The third-order valence-electron chi connectivity index (χ3n) is 2.49. The Morgan fingerprint density at radius 3 is 2.77 bits per heavy atom. The Hall–Kier alpha value is -1.39. The minimum Gasteiger partial charge on any atom is -0.476 e. The Labute approximate surface area is 75.4 Å². The molecule has 1 aliphatic carbocycles. The summed E-state index contributed by atoms with van der Waals surface area (Å²) in [5.74, 6) is -0.936. The lowest BCUT2D eigenvalue weighted by Gasteiger charge is -2.25. The zero-order valence-corrected chi connectivity index (χ0v) is 7.40. The van der Waals surface area contributed by atoms with Gasteiger partial charge in [-0.05, 0) is 26.2 Å². The van der Waals surface area contributed by atoms with Gasteiger partial charge >= 0.3 is 5.97 Å². The first kappa shape index (κ1) is 8.22. The van der Waals surface area contributed by atoms with Crippen molar-refractivity contribution in [3.8, 4) is 0 Å². The molecule has 0 aromatic carbocycles. The maximum Gasteiger partial charge on any atom is 0.356 e. The van der Waals surface area contributed by atoms with E-state index in [2.05, 4.69) is 10.3 Å². The maximum absolute atomic E-state index is 10.8. The van der Waals surface area contributed by atoms with Crippen molar-refractivity contribution in [2.24, 2.45) is 0 Å². The van der Waals surface area contributed by atoms with Crippen LogP contribution in [0, 0.1) is 6.92 Å². The predicted molar refractivity (Wildman–Crippen MR) is 44.6 cm³/mol. The number of nitrogens with zero attached hydrogens (tertiary/aromatic N) is 3. The fraction of sp³-hybridized carbons (Fsp3) is 0.625. The molecule has 5 heteroatoms. The van der Waals surface area contributed by atoms with Crippen LogP contribution in [0.25, 0.3) is 0 Å². The molecule has 1 aliphatic rings.